The zero-order chi connectivity index (χ0) is 13.3. The van der Waals surface area contributed by atoms with Crippen LogP contribution < -0.4 is 0 Å². The Morgan fingerprint density at radius 1 is 1.11 bits per heavy atom. The number of piperidine rings is 1. The molecule has 3 heteroatoms. The predicted octanol–water partition coefficient (Wildman–Crippen LogP) is 2.37. The first kappa shape index (κ1) is 13.9. The van der Waals surface area contributed by atoms with Crippen LogP contribution in [0.4, 0.5) is 0 Å². The number of hydrogen-bond donors (Lipinski definition) is 0. The second-order valence-electron chi connectivity index (χ2n) is 6.98. The molecule has 1 amide bonds. The summed E-state index contributed by atoms with van der Waals surface area (Å²) in [5.74, 6) is 0.846. The Morgan fingerprint density at radius 3 is 2.11 bits per heavy atom. The van der Waals surface area contributed by atoms with Crippen LogP contribution >= 0.6 is 0 Å². The van der Waals surface area contributed by atoms with E-state index in [0.717, 1.165) is 13.1 Å². The molecule has 0 bridgehead atoms. The van der Waals surface area contributed by atoms with Crippen LogP contribution in [0.5, 0.6) is 0 Å². The molecule has 0 aromatic rings. The maximum absolute atomic E-state index is 11.9. The van der Waals surface area contributed by atoms with Gasteiger partial charge in [0.25, 0.3) is 0 Å². The molecule has 2 aliphatic rings. The highest BCUT2D eigenvalue weighted by Crippen LogP contribution is 2.41. The maximum Gasteiger partial charge on any atom is 0.222 e. The molecule has 2 heterocycles. The van der Waals surface area contributed by atoms with E-state index < -0.39 is 0 Å². The van der Waals surface area contributed by atoms with Crippen molar-refractivity contribution in [2.75, 3.05) is 26.2 Å². The minimum absolute atomic E-state index is 0.363. The summed E-state index contributed by atoms with van der Waals surface area (Å²) in [6.07, 6.45) is 3.27. The van der Waals surface area contributed by atoms with Gasteiger partial charge < -0.3 is 9.80 Å². The van der Waals surface area contributed by atoms with Crippen molar-refractivity contribution in [3.63, 3.8) is 0 Å². The third kappa shape index (κ3) is 2.87. The van der Waals surface area contributed by atoms with Crippen molar-refractivity contribution in [3.05, 3.63) is 0 Å². The van der Waals surface area contributed by atoms with E-state index in [0.29, 0.717) is 29.7 Å². The topological polar surface area (TPSA) is 23.6 Å². The molecule has 2 rings (SSSR count). The number of carbonyl (C=O) groups excluding carboxylic acids is 1. The lowest BCUT2D eigenvalue weighted by Gasteiger charge is -2.54. The smallest absolute Gasteiger partial charge is 0.222 e. The van der Waals surface area contributed by atoms with Crippen molar-refractivity contribution < 1.29 is 4.79 Å². The van der Waals surface area contributed by atoms with Crippen LogP contribution in [0.3, 0.4) is 0 Å². The van der Waals surface area contributed by atoms with Gasteiger partial charge in [0.1, 0.15) is 0 Å². The van der Waals surface area contributed by atoms with Gasteiger partial charge in [-0.2, -0.15) is 0 Å². The molecule has 0 radical (unpaired) electrons. The second-order valence-corrected chi connectivity index (χ2v) is 6.98. The molecule has 0 unspecified atom stereocenters. The summed E-state index contributed by atoms with van der Waals surface area (Å²) in [5.41, 5.74) is 0.470. The fourth-order valence-corrected chi connectivity index (χ4v) is 3.25. The first-order chi connectivity index (χ1) is 8.42. The second kappa shape index (κ2) is 5.20. The van der Waals surface area contributed by atoms with E-state index in [1.807, 2.05) is 0 Å². The standard InChI is InChI=1S/C15H28N2O/c1-12(2)9-14(18)17-10-15(11-17)5-7-16(8-6-15)13(3)4/h12-13H,5-11H2,1-4H3. The highest BCUT2D eigenvalue weighted by atomic mass is 16.2. The average Bonchev–Trinajstić information content (AvgIpc) is 2.24. The van der Waals surface area contributed by atoms with E-state index in [1.54, 1.807) is 0 Å². The molecule has 18 heavy (non-hydrogen) atoms. The van der Waals surface area contributed by atoms with E-state index in [9.17, 15) is 4.79 Å². The first-order valence-corrected chi connectivity index (χ1v) is 7.44. The monoisotopic (exact) mass is 252 g/mol. The van der Waals surface area contributed by atoms with Crippen molar-refractivity contribution >= 4 is 5.91 Å². The first-order valence-electron chi connectivity index (χ1n) is 7.44. The molecule has 0 N–H and O–H groups in total. The highest BCUT2D eigenvalue weighted by Gasteiger charge is 2.46. The highest BCUT2D eigenvalue weighted by molar-refractivity contribution is 5.77. The number of amides is 1. The van der Waals surface area contributed by atoms with Gasteiger partial charge in [-0.3, -0.25) is 4.79 Å². The summed E-state index contributed by atoms with van der Waals surface area (Å²) < 4.78 is 0. The molecular weight excluding hydrogens is 224 g/mol. The number of nitrogens with zero attached hydrogens (tertiary/aromatic N) is 2. The molecule has 3 nitrogen and oxygen atoms in total. The number of carbonyl (C=O) groups is 1. The fraction of sp³-hybridized carbons (Fsp3) is 0.933. The number of rotatable bonds is 3. The Labute approximate surface area is 112 Å². The van der Waals surface area contributed by atoms with Crippen molar-refractivity contribution in [3.8, 4) is 0 Å². The van der Waals surface area contributed by atoms with Crippen molar-refractivity contribution in [2.45, 2.75) is 53.0 Å². The summed E-state index contributed by atoms with van der Waals surface area (Å²) in [6.45, 7) is 13.3. The van der Waals surface area contributed by atoms with E-state index in [-0.39, 0.29) is 0 Å². The zero-order valence-corrected chi connectivity index (χ0v) is 12.4. The average molecular weight is 252 g/mol. The lowest BCUT2D eigenvalue weighted by molar-refractivity contribution is -0.147. The molecule has 0 aliphatic carbocycles. The maximum atomic E-state index is 11.9. The minimum atomic E-state index is 0.363. The van der Waals surface area contributed by atoms with Crippen LogP contribution in [0, 0.1) is 11.3 Å². The zero-order valence-electron chi connectivity index (χ0n) is 12.4. The van der Waals surface area contributed by atoms with Gasteiger partial charge in [0.15, 0.2) is 0 Å². The molecular formula is C15H28N2O. The van der Waals surface area contributed by atoms with Crippen LogP contribution in [0.2, 0.25) is 0 Å². The molecule has 104 valence electrons. The van der Waals surface area contributed by atoms with Gasteiger partial charge in [0.05, 0.1) is 0 Å². The normalized spacial score (nSPS) is 23.8. The lowest BCUT2D eigenvalue weighted by atomic mass is 9.71. The SMILES string of the molecule is CC(C)CC(=O)N1CC2(CCN(C(C)C)CC2)C1. The molecule has 2 fully saturated rings. The summed E-state index contributed by atoms with van der Waals surface area (Å²) in [6, 6.07) is 0.668. The van der Waals surface area contributed by atoms with Crippen LogP contribution in [0.1, 0.15) is 47.0 Å². The van der Waals surface area contributed by atoms with Crippen LogP contribution in [0.25, 0.3) is 0 Å². The van der Waals surface area contributed by atoms with Crippen molar-refractivity contribution in [1.29, 1.82) is 0 Å². The molecule has 2 saturated heterocycles. The van der Waals surface area contributed by atoms with Gasteiger partial charge in [-0.1, -0.05) is 13.8 Å². The van der Waals surface area contributed by atoms with Gasteiger partial charge in [-0.25, -0.2) is 0 Å². The third-order valence-corrected chi connectivity index (χ3v) is 4.58. The Bertz CT molecular complexity index is 296. The van der Waals surface area contributed by atoms with Crippen LogP contribution in [-0.4, -0.2) is 47.9 Å². The summed E-state index contributed by atoms with van der Waals surface area (Å²) >= 11 is 0. The van der Waals surface area contributed by atoms with Gasteiger partial charge in [-0.05, 0) is 45.7 Å². The summed E-state index contributed by atoms with van der Waals surface area (Å²) in [5, 5.41) is 0. The quantitative estimate of drug-likeness (QED) is 0.770. The minimum Gasteiger partial charge on any atom is -0.341 e. The molecule has 2 aliphatic heterocycles. The van der Waals surface area contributed by atoms with Crippen molar-refractivity contribution in [2.24, 2.45) is 11.3 Å². The fourth-order valence-electron chi connectivity index (χ4n) is 3.25. The molecule has 0 saturated carbocycles. The largest absolute Gasteiger partial charge is 0.341 e. The van der Waals surface area contributed by atoms with E-state index in [4.69, 9.17) is 0 Å². The van der Waals surface area contributed by atoms with E-state index >= 15 is 0 Å². The lowest BCUT2D eigenvalue weighted by Crippen LogP contribution is -2.62. The van der Waals surface area contributed by atoms with Crippen LogP contribution in [-0.2, 0) is 4.79 Å². The predicted molar refractivity (Wildman–Crippen MR) is 74.4 cm³/mol. The molecule has 0 atom stereocenters. The van der Waals surface area contributed by atoms with Gasteiger partial charge >= 0.3 is 0 Å². The van der Waals surface area contributed by atoms with Crippen LogP contribution in [0.15, 0.2) is 0 Å². The van der Waals surface area contributed by atoms with Gasteiger partial charge in [0.2, 0.25) is 5.91 Å². The number of likely N-dealkylation sites (tertiary alicyclic amines) is 2. The third-order valence-electron chi connectivity index (χ3n) is 4.58. The summed E-state index contributed by atoms with van der Waals surface area (Å²) in [4.78, 5) is 16.6. The molecule has 0 aromatic carbocycles. The van der Waals surface area contributed by atoms with E-state index in [2.05, 4.69) is 37.5 Å². The Balaban J connectivity index is 1.77. The Morgan fingerprint density at radius 2 is 1.67 bits per heavy atom. The Kier molecular flexibility index (Phi) is 4.00. The number of hydrogen-bond acceptors (Lipinski definition) is 2. The Hall–Kier alpha value is -0.570. The van der Waals surface area contributed by atoms with Gasteiger partial charge in [0, 0.05) is 31.0 Å². The summed E-state index contributed by atoms with van der Waals surface area (Å²) in [7, 11) is 0. The van der Waals surface area contributed by atoms with E-state index in [1.165, 1.54) is 25.9 Å². The molecule has 1 spiro atoms. The van der Waals surface area contributed by atoms with Gasteiger partial charge in [-0.15, -0.1) is 0 Å². The molecule has 0 aromatic heterocycles. The van der Waals surface area contributed by atoms with Crippen molar-refractivity contribution in [1.82, 2.24) is 9.80 Å².